The molecule has 0 unspecified atom stereocenters. The normalized spacial score (nSPS) is 13.5. The van der Waals surface area contributed by atoms with Crippen LogP contribution in [-0.4, -0.2) is 56.9 Å². The molecular formula is C27H33N5O2S. The van der Waals surface area contributed by atoms with Gasteiger partial charge in [0.1, 0.15) is 0 Å². The molecule has 1 saturated carbocycles. The highest BCUT2D eigenvalue weighted by molar-refractivity contribution is 7.99. The van der Waals surface area contributed by atoms with Crippen molar-refractivity contribution in [3.05, 3.63) is 65.7 Å². The van der Waals surface area contributed by atoms with Crippen LogP contribution >= 0.6 is 11.8 Å². The molecule has 7 nitrogen and oxygen atoms in total. The summed E-state index contributed by atoms with van der Waals surface area (Å²) in [5.74, 6) is 0.720. The average molecular weight is 492 g/mol. The molecule has 0 saturated heterocycles. The predicted molar refractivity (Wildman–Crippen MR) is 139 cm³/mol. The van der Waals surface area contributed by atoms with E-state index in [1.807, 2.05) is 18.2 Å². The fourth-order valence-corrected chi connectivity index (χ4v) is 4.56. The van der Waals surface area contributed by atoms with Gasteiger partial charge in [-0.1, -0.05) is 87.1 Å². The third-order valence-electron chi connectivity index (χ3n) is 5.98. The summed E-state index contributed by atoms with van der Waals surface area (Å²) in [6.07, 6.45) is 2.05. The number of nitrogens with zero attached hydrogens (tertiary/aromatic N) is 4. The average Bonchev–Trinajstić information content (AvgIpc) is 3.55. The number of thioether (sulfide) groups is 1. The van der Waals surface area contributed by atoms with Crippen LogP contribution in [0.1, 0.15) is 44.7 Å². The third-order valence-corrected chi connectivity index (χ3v) is 6.93. The maximum atomic E-state index is 12.7. The summed E-state index contributed by atoms with van der Waals surface area (Å²) in [6, 6.07) is 18.9. The van der Waals surface area contributed by atoms with Crippen LogP contribution in [0.3, 0.4) is 0 Å². The zero-order valence-corrected chi connectivity index (χ0v) is 21.6. The van der Waals surface area contributed by atoms with Crippen molar-refractivity contribution in [1.82, 2.24) is 25.0 Å². The maximum Gasteiger partial charge on any atom is 0.239 e. The number of rotatable bonds is 9. The van der Waals surface area contributed by atoms with Crippen molar-refractivity contribution in [2.45, 2.75) is 56.8 Å². The summed E-state index contributed by atoms with van der Waals surface area (Å²) in [4.78, 5) is 26.2. The fourth-order valence-electron chi connectivity index (χ4n) is 3.68. The second-order valence-electron chi connectivity index (χ2n) is 10.1. The Hall–Kier alpha value is -3.13. The molecule has 2 aromatic carbocycles. The Morgan fingerprint density at radius 3 is 2.37 bits per heavy atom. The van der Waals surface area contributed by atoms with E-state index in [-0.39, 0.29) is 35.6 Å². The lowest BCUT2D eigenvalue weighted by molar-refractivity contribution is -0.132. The van der Waals surface area contributed by atoms with Crippen LogP contribution in [0.4, 0.5) is 0 Å². The lowest BCUT2D eigenvalue weighted by Crippen LogP contribution is -2.39. The summed E-state index contributed by atoms with van der Waals surface area (Å²) in [6.45, 7) is 7.24. The molecule has 0 atom stereocenters. The smallest absolute Gasteiger partial charge is 0.239 e. The molecular weight excluding hydrogens is 458 g/mol. The number of carbonyl (C=O) groups excluding carboxylic acids is 2. The van der Waals surface area contributed by atoms with Crippen LogP contribution in [0, 0.1) is 0 Å². The van der Waals surface area contributed by atoms with Crippen molar-refractivity contribution >= 4 is 23.6 Å². The molecule has 8 heteroatoms. The van der Waals surface area contributed by atoms with Gasteiger partial charge in [-0.2, -0.15) is 0 Å². The first-order valence-corrected chi connectivity index (χ1v) is 12.9. The molecule has 4 rings (SSSR count). The largest absolute Gasteiger partial charge is 0.352 e. The van der Waals surface area contributed by atoms with Crippen LogP contribution in [0.5, 0.6) is 0 Å². The minimum Gasteiger partial charge on any atom is -0.352 e. The molecule has 0 bridgehead atoms. The van der Waals surface area contributed by atoms with E-state index in [0.29, 0.717) is 11.7 Å². The topological polar surface area (TPSA) is 80.1 Å². The van der Waals surface area contributed by atoms with Gasteiger partial charge in [0.15, 0.2) is 11.0 Å². The van der Waals surface area contributed by atoms with E-state index in [9.17, 15) is 9.59 Å². The molecule has 184 valence electrons. The molecule has 1 aliphatic carbocycles. The van der Waals surface area contributed by atoms with Gasteiger partial charge in [0.2, 0.25) is 11.8 Å². The van der Waals surface area contributed by atoms with Crippen molar-refractivity contribution in [3.63, 3.8) is 0 Å². The van der Waals surface area contributed by atoms with E-state index in [1.54, 1.807) is 7.05 Å². The van der Waals surface area contributed by atoms with E-state index in [2.05, 4.69) is 77.3 Å². The van der Waals surface area contributed by atoms with Crippen molar-refractivity contribution in [3.8, 4) is 11.4 Å². The van der Waals surface area contributed by atoms with Gasteiger partial charge in [-0.15, -0.1) is 10.2 Å². The van der Waals surface area contributed by atoms with Gasteiger partial charge in [0.25, 0.3) is 0 Å². The van der Waals surface area contributed by atoms with Crippen LogP contribution in [-0.2, 0) is 21.5 Å². The SMILES string of the molecule is CN(CC(=O)NC1CC1)C(=O)CSc1nnc(-c2ccc(C(C)(C)C)cc2)n1Cc1ccccc1. The summed E-state index contributed by atoms with van der Waals surface area (Å²) < 4.78 is 2.05. The Bertz CT molecular complexity index is 1160. The summed E-state index contributed by atoms with van der Waals surface area (Å²) in [5, 5.41) is 12.5. The van der Waals surface area contributed by atoms with Crippen molar-refractivity contribution in [1.29, 1.82) is 0 Å². The zero-order chi connectivity index (χ0) is 25.0. The Balaban J connectivity index is 1.50. The molecule has 1 fully saturated rings. The second-order valence-corrected chi connectivity index (χ2v) is 11.0. The zero-order valence-electron chi connectivity index (χ0n) is 20.8. The number of hydrogen-bond donors (Lipinski definition) is 1. The van der Waals surface area contributed by atoms with Crippen LogP contribution in [0.25, 0.3) is 11.4 Å². The lowest BCUT2D eigenvalue weighted by Gasteiger charge is -2.19. The first-order chi connectivity index (χ1) is 16.7. The number of hydrogen-bond acceptors (Lipinski definition) is 5. The van der Waals surface area contributed by atoms with E-state index >= 15 is 0 Å². The highest BCUT2D eigenvalue weighted by Crippen LogP contribution is 2.28. The maximum absolute atomic E-state index is 12.7. The number of amides is 2. The fraction of sp³-hybridized carbons (Fsp3) is 0.407. The Morgan fingerprint density at radius 1 is 1.06 bits per heavy atom. The van der Waals surface area contributed by atoms with Gasteiger partial charge in [-0.25, -0.2) is 0 Å². The Morgan fingerprint density at radius 2 is 1.74 bits per heavy atom. The third kappa shape index (κ3) is 6.72. The molecule has 2 amide bonds. The molecule has 0 radical (unpaired) electrons. The number of nitrogens with one attached hydrogen (secondary N) is 1. The minimum atomic E-state index is -0.119. The van der Waals surface area contributed by atoms with E-state index in [0.717, 1.165) is 29.8 Å². The van der Waals surface area contributed by atoms with Crippen molar-refractivity contribution in [2.24, 2.45) is 0 Å². The Labute approximate surface area is 211 Å². The van der Waals surface area contributed by atoms with Crippen LogP contribution < -0.4 is 5.32 Å². The predicted octanol–water partition coefficient (Wildman–Crippen LogP) is 4.12. The molecule has 1 N–H and O–H groups in total. The molecule has 0 aliphatic heterocycles. The molecule has 1 heterocycles. The Kier molecular flexibility index (Phi) is 7.60. The highest BCUT2D eigenvalue weighted by atomic mass is 32.2. The van der Waals surface area contributed by atoms with E-state index < -0.39 is 0 Å². The van der Waals surface area contributed by atoms with Crippen molar-refractivity contribution < 1.29 is 9.59 Å². The van der Waals surface area contributed by atoms with Crippen molar-refractivity contribution in [2.75, 3.05) is 19.3 Å². The standard InChI is InChI=1S/C27H33N5O2S/c1-27(2,3)21-12-10-20(11-13-21)25-29-30-26(32(25)16-19-8-6-5-7-9-19)35-18-24(34)31(4)17-23(33)28-22-14-15-22/h5-13,22H,14-18H2,1-4H3,(H,28,33). The minimum absolute atomic E-state index is 0.0674. The van der Waals surface area contributed by atoms with E-state index in [4.69, 9.17) is 0 Å². The highest BCUT2D eigenvalue weighted by Gasteiger charge is 2.25. The van der Waals surface area contributed by atoms with Gasteiger partial charge in [-0.3, -0.25) is 14.2 Å². The molecule has 1 aliphatic rings. The first kappa shape index (κ1) is 25.0. The molecule has 1 aromatic heterocycles. The molecule has 0 spiro atoms. The summed E-state index contributed by atoms with van der Waals surface area (Å²) >= 11 is 1.35. The van der Waals surface area contributed by atoms with Gasteiger partial charge in [0, 0.05) is 18.7 Å². The summed E-state index contributed by atoms with van der Waals surface area (Å²) in [7, 11) is 1.66. The monoisotopic (exact) mass is 491 g/mol. The van der Waals surface area contributed by atoms with Gasteiger partial charge < -0.3 is 10.2 Å². The summed E-state index contributed by atoms with van der Waals surface area (Å²) in [5.41, 5.74) is 3.43. The lowest BCUT2D eigenvalue weighted by atomic mass is 9.87. The van der Waals surface area contributed by atoms with Gasteiger partial charge >= 0.3 is 0 Å². The van der Waals surface area contributed by atoms with E-state index in [1.165, 1.54) is 22.2 Å². The number of carbonyl (C=O) groups is 2. The number of benzene rings is 2. The van der Waals surface area contributed by atoms with Gasteiger partial charge in [-0.05, 0) is 29.4 Å². The van der Waals surface area contributed by atoms with Crippen LogP contribution in [0.15, 0.2) is 59.8 Å². The second kappa shape index (κ2) is 10.6. The van der Waals surface area contributed by atoms with Gasteiger partial charge in [0.05, 0.1) is 18.8 Å². The number of aromatic nitrogens is 3. The quantitative estimate of drug-likeness (QED) is 0.456. The number of likely N-dealkylation sites (N-methyl/N-ethyl adjacent to an activating group) is 1. The molecule has 35 heavy (non-hydrogen) atoms. The van der Waals surface area contributed by atoms with Crippen LogP contribution in [0.2, 0.25) is 0 Å². The molecule has 3 aromatic rings. The first-order valence-electron chi connectivity index (χ1n) is 11.9.